The van der Waals surface area contributed by atoms with Crippen LogP contribution >= 0.6 is 0 Å². The van der Waals surface area contributed by atoms with Gasteiger partial charge < -0.3 is 14.6 Å². The summed E-state index contributed by atoms with van der Waals surface area (Å²) in [6.45, 7) is 5.17. The number of hydrogen-bond donors (Lipinski definition) is 5. The average Bonchev–Trinajstić information content (AvgIpc) is 3.63. The molecule has 1 amide bonds. The first-order valence-electron chi connectivity index (χ1n) is 12.7. The molecule has 1 aliphatic heterocycles. The number of oxazole rings is 1. The highest BCUT2D eigenvalue weighted by atomic mass is 16.4. The van der Waals surface area contributed by atoms with E-state index in [9.17, 15) is 4.79 Å². The molecule has 5 rings (SSSR count). The molecule has 1 aromatic heterocycles. The summed E-state index contributed by atoms with van der Waals surface area (Å²) >= 11 is 0. The fourth-order valence-corrected chi connectivity index (χ4v) is 4.65. The van der Waals surface area contributed by atoms with Gasteiger partial charge >= 0.3 is 0 Å². The van der Waals surface area contributed by atoms with Crippen LogP contribution in [0.15, 0.2) is 71.1 Å². The zero-order chi connectivity index (χ0) is 25.8. The van der Waals surface area contributed by atoms with Crippen molar-refractivity contribution in [1.82, 2.24) is 32.2 Å². The van der Waals surface area contributed by atoms with Gasteiger partial charge in [-0.05, 0) is 53.8 Å². The van der Waals surface area contributed by atoms with Gasteiger partial charge in [-0.25, -0.2) is 10.9 Å². The molecule has 2 heterocycles. The van der Waals surface area contributed by atoms with Crippen LogP contribution in [0.25, 0.3) is 22.2 Å². The lowest BCUT2D eigenvalue weighted by atomic mass is 9.96. The van der Waals surface area contributed by atoms with Gasteiger partial charge in [0.2, 0.25) is 0 Å². The molecule has 0 saturated carbocycles. The summed E-state index contributed by atoms with van der Waals surface area (Å²) in [7, 11) is 1.62. The summed E-state index contributed by atoms with van der Waals surface area (Å²) < 4.78 is 6.16. The van der Waals surface area contributed by atoms with Crippen molar-refractivity contribution in [3.63, 3.8) is 0 Å². The van der Waals surface area contributed by atoms with E-state index in [-0.39, 0.29) is 18.1 Å². The number of nitrogens with one attached hydrogen (secondary N) is 5. The van der Waals surface area contributed by atoms with Gasteiger partial charge in [0.25, 0.3) is 11.9 Å². The Morgan fingerprint density at radius 3 is 2.57 bits per heavy atom. The molecule has 3 aromatic carbocycles. The Balaban J connectivity index is 1.42. The number of aromatic nitrogens is 1. The number of carbonyl (C=O) groups is 1. The first-order chi connectivity index (χ1) is 18.1. The zero-order valence-electron chi connectivity index (χ0n) is 21.3. The molecule has 0 bridgehead atoms. The molecular weight excluding hydrogens is 466 g/mol. The first kappa shape index (κ1) is 24.9. The summed E-state index contributed by atoms with van der Waals surface area (Å²) in [4.78, 5) is 19.0. The van der Waals surface area contributed by atoms with Crippen LogP contribution in [0.4, 0.5) is 6.01 Å². The van der Waals surface area contributed by atoms with Crippen molar-refractivity contribution in [2.45, 2.75) is 38.9 Å². The van der Waals surface area contributed by atoms with E-state index in [0.29, 0.717) is 22.7 Å². The Kier molecular flexibility index (Phi) is 7.47. The van der Waals surface area contributed by atoms with E-state index in [0.717, 1.165) is 36.1 Å². The monoisotopic (exact) mass is 499 g/mol. The zero-order valence-corrected chi connectivity index (χ0v) is 21.3. The predicted octanol–water partition coefficient (Wildman–Crippen LogP) is 4.34. The third-order valence-electron chi connectivity index (χ3n) is 6.80. The van der Waals surface area contributed by atoms with Gasteiger partial charge in [-0.3, -0.25) is 4.79 Å². The van der Waals surface area contributed by atoms with Gasteiger partial charge in [0.15, 0.2) is 5.58 Å². The van der Waals surface area contributed by atoms with Gasteiger partial charge in [0.1, 0.15) is 11.7 Å². The van der Waals surface area contributed by atoms with Crippen molar-refractivity contribution >= 4 is 23.0 Å². The van der Waals surface area contributed by atoms with Crippen LogP contribution in [-0.4, -0.2) is 24.5 Å². The minimum absolute atomic E-state index is 0.0394. The molecular formula is C28H33N7O2. The maximum Gasteiger partial charge on any atom is 0.298 e. The Morgan fingerprint density at radius 2 is 1.84 bits per heavy atom. The number of benzene rings is 3. The lowest BCUT2D eigenvalue weighted by Crippen LogP contribution is -2.33. The summed E-state index contributed by atoms with van der Waals surface area (Å²) in [6, 6.07) is 23.0. The second-order valence-electron chi connectivity index (χ2n) is 9.16. The lowest BCUT2D eigenvalue weighted by molar-refractivity contribution is 0.0963. The van der Waals surface area contributed by atoms with E-state index in [1.165, 1.54) is 5.56 Å². The van der Waals surface area contributed by atoms with Crippen LogP contribution in [0.5, 0.6) is 0 Å². The topological polar surface area (TPSA) is 106 Å². The highest BCUT2D eigenvalue weighted by molar-refractivity contribution is 5.97. The van der Waals surface area contributed by atoms with Gasteiger partial charge in [-0.1, -0.05) is 61.9 Å². The first-order valence-corrected chi connectivity index (χ1v) is 12.7. The van der Waals surface area contributed by atoms with Gasteiger partial charge in [0, 0.05) is 19.2 Å². The minimum atomic E-state index is -0.142. The van der Waals surface area contributed by atoms with E-state index >= 15 is 0 Å². The molecule has 1 aliphatic rings. The van der Waals surface area contributed by atoms with Crippen LogP contribution in [0.2, 0.25) is 0 Å². The van der Waals surface area contributed by atoms with Crippen molar-refractivity contribution in [1.29, 1.82) is 0 Å². The molecule has 37 heavy (non-hydrogen) atoms. The van der Waals surface area contributed by atoms with E-state index in [1.807, 2.05) is 12.1 Å². The van der Waals surface area contributed by atoms with Gasteiger partial charge in [-0.2, -0.15) is 16.1 Å². The molecule has 1 saturated heterocycles. The summed E-state index contributed by atoms with van der Waals surface area (Å²) in [5, 5.41) is 2.66. The third kappa shape index (κ3) is 5.21. The second-order valence-corrected chi connectivity index (χ2v) is 9.16. The number of rotatable bonds is 9. The van der Waals surface area contributed by atoms with E-state index in [4.69, 9.17) is 9.40 Å². The Labute approximate surface area is 216 Å². The lowest BCUT2D eigenvalue weighted by Gasteiger charge is -2.28. The van der Waals surface area contributed by atoms with E-state index in [2.05, 4.69) is 88.4 Å². The summed E-state index contributed by atoms with van der Waals surface area (Å²) in [5.74, 6) is -0.142. The van der Waals surface area contributed by atoms with Crippen LogP contribution in [0, 0.1) is 0 Å². The molecule has 192 valence electrons. The predicted molar refractivity (Wildman–Crippen MR) is 145 cm³/mol. The van der Waals surface area contributed by atoms with Crippen LogP contribution < -0.4 is 32.1 Å². The molecule has 9 heteroatoms. The fraction of sp³-hybridized carbons (Fsp3) is 0.286. The van der Waals surface area contributed by atoms with Crippen molar-refractivity contribution in [3.8, 4) is 11.1 Å². The maximum absolute atomic E-state index is 12.1. The number of anilines is 1. The highest BCUT2D eigenvalue weighted by Crippen LogP contribution is 2.33. The van der Waals surface area contributed by atoms with Crippen LogP contribution in [0.3, 0.4) is 0 Å². The normalized spacial score (nSPS) is 14.7. The number of fused-ring (bicyclic) bond motifs is 1. The molecule has 0 aliphatic carbocycles. The molecule has 0 spiro atoms. The van der Waals surface area contributed by atoms with E-state index in [1.54, 1.807) is 19.2 Å². The Hall–Kier alpha value is -3.76. The molecule has 9 nitrogen and oxygen atoms in total. The summed E-state index contributed by atoms with van der Waals surface area (Å²) in [6.07, 6.45) is 2.04. The largest absolute Gasteiger partial charge is 0.423 e. The number of unbranched alkanes of at least 4 members (excludes halogenated alkanes) is 1. The summed E-state index contributed by atoms with van der Waals surface area (Å²) in [5.41, 5.74) is 18.6. The SMILES string of the molecule is CCCCN(c1nc2cc(C(=O)NC)ccc2o1)[C@H](C)c1ccc(-c2ccccc2C2NNNN2)cc1. The highest BCUT2D eigenvalue weighted by Gasteiger charge is 2.23. The number of nitrogens with zero attached hydrogens (tertiary/aromatic N) is 2. The van der Waals surface area contributed by atoms with Crippen molar-refractivity contribution in [2.75, 3.05) is 18.5 Å². The molecule has 0 unspecified atom stereocenters. The standard InChI is InChI=1S/C28H33N7O2/c1-4-5-16-35(28-30-24-17-21(27(36)29-3)14-15-25(24)37-28)18(2)19-10-12-20(13-11-19)22-8-6-7-9-23(22)26-31-33-34-32-26/h6-15,17-18,26,31-34H,4-5,16H2,1-3H3,(H,29,36)/t18-/m1/s1. The smallest absolute Gasteiger partial charge is 0.298 e. The fourth-order valence-electron chi connectivity index (χ4n) is 4.65. The molecule has 4 aromatic rings. The average molecular weight is 500 g/mol. The van der Waals surface area contributed by atoms with Crippen LogP contribution in [-0.2, 0) is 0 Å². The Bertz CT molecular complexity index is 1360. The van der Waals surface area contributed by atoms with Crippen molar-refractivity contribution in [2.24, 2.45) is 0 Å². The minimum Gasteiger partial charge on any atom is -0.423 e. The third-order valence-corrected chi connectivity index (χ3v) is 6.80. The Morgan fingerprint density at radius 1 is 1.08 bits per heavy atom. The molecule has 1 fully saturated rings. The second kappa shape index (κ2) is 11.1. The molecule has 0 radical (unpaired) electrons. The molecule has 5 N–H and O–H groups in total. The quantitative estimate of drug-likeness (QED) is 0.232. The van der Waals surface area contributed by atoms with Gasteiger partial charge in [0.05, 0.1) is 6.04 Å². The molecule has 1 atom stereocenters. The van der Waals surface area contributed by atoms with Crippen molar-refractivity contribution in [3.05, 3.63) is 83.4 Å². The van der Waals surface area contributed by atoms with Crippen LogP contribution in [0.1, 0.15) is 60.4 Å². The van der Waals surface area contributed by atoms with Crippen molar-refractivity contribution < 1.29 is 9.21 Å². The maximum atomic E-state index is 12.1. The van der Waals surface area contributed by atoms with Gasteiger partial charge in [-0.15, -0.1) is 0 Å². The number of hydrogen-bond acceptors (Lipinski definition) is 8. The number of carbonyl (C=O) groups excluding carboxylic acids is 1. The number of amides is 1. The number of hydrazine groups is 3. The van der Waals surface area contributed by atoms with E-state index < -0.39 is 0 Å².